The van der Waals surface area contributed by atoms with Crippen molar-refractivity contribution < 1.29 is 14.7 Å². The Morgan fingerprint density at radius 2 is 1.95 bits per heavy atom. The summed E-state index contributed by atoms with van der Waals surface area (Å²) in [5.74, 6) is -1.06. The number of amides is 2. The van der Waals surface area contributed by atoms with Crippen molar-refractivity contribution in [1.29, 1.82) is 0 Å². The average Bonchev–Trinajstić information content (AvgIpc) is 2.24. The molecule has 6 heteroatoms. The maximum Gasteiger partial charge on any atom is 0.326 e. The smallest absolute Gasteiger partial charge is 0.326 e. The Kier molecular flexibility index (Phi) is 4.47. The summed E-state index contributed by atoms with van der Waals surface area (Å²) in [5, 5.41) is 14.1. The molecular weight excluding hydrogens is 246 g/mol. The molecule has 6 nitrogen and oxygen atoms in total. The number of carboxylic acids is 1. The van der Waals surface area contributed by atoms with Crippen molar-refractivity contribution in [3.05, 3.63) is 24.0 Å². The van der Waals surface area contributed by atoms with E-state index in [0.717, 1.165) is 5.56 Å². The van der Waals surface area contributed by atoms with Crippen LogP contribution in [0.25, 0.3) is 0 Å². The minimum Gasteiger partial charge on any atom is -0.480 e. The van der Waals surface area contributed by atoms with E-state index in [2.05, 4.69) is 15.6 Å². The van der Waals surface area contributed by atoms with Crippen LogP contribution in [0, 0.1) is 12.3 Å². The first-order chi connectivity index (χ1) is 8.70. The molecule has 0 aromatic carbocycles. The third-order valence-electron chi connectivity index (χ3n) is 2.52. The van der Waals surface area contributed by atoms with E-state index in [0.29, 0.717) is 5.69 Å². The van der Waals surface area contributed by atoms with E-state index in [4.69, 9.17) is 5.11 Å². The number of nitrogens with zero attached hydrogens (tertiary/aromatic N) is 1. The first-order valence-corrected chi connectivity index (χ1v) is 5.92. The lowest BCUT2D eigenvalue weighted by atomic mass is 9.87. The van der Waals surface area contributed by atoms with Crippen molar-refractivity contribution >= 4 is 17.7 Å². The van der Waals surface area contributed by atoms with Crippen molar-refractivity contribution in [3.8, 4) is 0 Å². The Morgan fingerprint density at radius 1 is 1.32 bits per heavy atom. The highest BCUT2D eigenvalue weighted by Gasteiger charge is 2.32. The molecule has 1 rings (SSSR count). The van der Waals surface area contributed by atoms with Crippen molar-refractivity contribution in [3.63, 3.8) is 0 Å². The molecule has 1 heterocycles. The van der Waals surface area contributed by atoms with E-state index in [1.807, 2.05) is 6.92 Å². The van der Waals surface area contributed by atoms with Gasteiger partial charge in [-0.3, -0.25) is 4.98 Å². The van der Waals surface area contributed by atoms with Crippen LogP contribution in [0.2, 0.25) is 0 Å². The lowest BCUT2D eigenvalue weighted by Gasteiger charge is -2.27. The molecule has 0 aliphatic heterocycles. The van der Waals surface area contributed by atoms with Gasteiger partial charge < -0.3 is 15.7 Å². The second kappa shape index (κ2) is 5.69. The van der Waals surface area contributed by atoms with Gasteiger partial charge in [0.05, 0.1) is 11.9 Å². The average molecular weight is 265 g/mol. The Hall–Kier alpha value is -2.11. The number of rotatable bonds is 3. The molecule has 0 aliphatic rings. The topological polar surface area (TPSA) is 91.3 Å². The molecule has 0 unspecified atom stereocenters. The van der Waals surface area contributed by atoms with Gasteiger partial charge in [0.25, 0.3) is 0 Å². The number of aryl methyl sites for hydroxylation is 1. The second-order valence-corrected chi connectivity index (χ2v) is 5.49. The quantitative estimate of drug-likeness (QED) is 0.779. The van der Waals surface area contributed by atoms with Gasteiger partial charge in [-0.25, -0.2) is 9.59 Å². The highest BCUT2D eigenvalue weighted by molar-refractivity contribution is 5.92. The molecule has 1 aromatic heterocycles. The Balaban J connectivity index is 2.71. The number of anilines is 1. The summed E-state index contributed by atoms with van der Waals surface area (Å²) in [6.07, 6.45) is 3.16. The molecular formula is C13H19N3O3. The number of carbonyl (C=O) groups excluding carboxylic acids is 1. The van der Waals surface area contributed by atoms with Gasteiger partial charge in [0.15, 0.2) is 0 Å². The summed E-state index contributed by atoms with van der Waals surface area (Å²) in [6, 6.07) is 0.222. The molecule has 0 aliphatic carbocycles. The lowest BCUT2D eigenvalue weighted by Crippen LogP contribution is -2.50. The molecule has 1 atom stereocenters. The molecule has 0 saturated heterocycles. The van der Waals surface area contributed by atoms with E-state index < -0.39 is 23.5 Å². The van der Waals surface area contributed by atoms with Gasteiger partial charge in [-0.15, -0.1) is 0 Å². The highest BCUT2D eigenvalue weighted by atomic mass is 16.4. The zero-order chi connectivity index (χ0) is 14.6. The maximum absolute atomic E-state index is 11.8. The van der Waals surface area contributed by atoms with E-state index in [1.54, 1.807) is 33.0 Å². The number of aromatic nitrogens is 1. The molecule has 0 saturated carbocycles. The molecule has 3 N–H and O–H groups in total. The Labute approximate surface area is 112 Å². The molecule has 104 valence electrons. The number of nitrogens with one attached hydrogen (secondary N) is 2. The molecule has 0 spiro atoms. The van der Waals surface area contributed by atoms with Crippen LogP contribution in [-0.4, -0.2) is 28.1 Å². The van der Waals surface area contributed by atoms with Crippen LogP contribution in [-0.2, 0) is 4.79 Å². The van der Waals surface area contributed by atoms with Crippen molar-refractivity contribution in [2.45, 2.75) is 33.7 Å². The zero-order valence-corrected chi connectivity index (χ0v) is 11.5. The van der Waals surface area contributed by atoms with Crippen LogP contribution in [0.1, 0.15) is 26.3 Å². The van der Waals surface area contributed by atoms with Gasteiger partial charge in [0.1, 0.15) is 6.04 Å². The summed E-state index contributed by atoms with van der Waals surface area (Å²) in [5.41, 5.74) is 0.854. The summed E-state index contributed by atoms with van der Waals surface area (Å²) in [7, 11) is 0. The first kappa shape index (κ1) is 14.9. The summed E-state index contributed by atoms with van der Waals surface area (Å²) < 4.78 is 0. The van der Waals surface area contributed by atoms with Crippen LogP contribution in [0.5, 0.6) is 0 Å². The largest absolute Gasteiger partial charge is 0.480 e. The predicted molar refractivity (Wildman–Crippen MR) is 72.0 cm³/mol. The molecule has 2 amide bonds. The standard InChI is InChI=1S/C13H19N3O3/c1-8-5-9(7-14-6-8)15-12(19)16-10(11(17)18)13(2,3)4/h5-7,10H,1-4H3,(H,17,18)(H2,15,16,19)/t10-/m0/s1. The molecule has 0 fully saturated rings. The monoisotopic (exact) mass is 265 g/mol. The minimum atomic E-state index is -1.06. The number of hydrogen-bond acceptors (Lipinski definition) is 3. The molecule has 0 radical (unpaired) electrons. The van der Waals surface area contributed by atoms with Gasteiger partial charge in [-0.05, 0) is 24.0 Å². The maximum atomic E-state index is 11.8. The van der Waals surface area contributed by atoms with E-state index in [1.165, 1.54) is 6.20 Å². The van der Waals surface area contributed by atoms with Crippen LogP contribution >= 0.6 is 0 Å². The van der Waals surface area contributed by atoms with Crippen molar-refractivity contribution in [2.24, 2.45) is 5.41 Å². The fourth-order valence-corrected chi connectivity index (χ4v) is 1.57. The van der Waals surface area contributed by atoms with Crippen molar-refractivity contribution in [1.82, 2.24) is 10.3 Å². The number of carbonyl (C=O) groups is 2. The molecule has 19 heavy (non-hydrogen) atoms. The molecule has 1 aromatic rings. The fraction of sp³-hybridized carbons (Fsp3) is 0.462. The van der Waals surface area contributed by atoms with Gasteiger partial charge in [-0.1, -0.05) is 20.8 Å². The first-order valence-electron chi connectivity index (χ1n) is 5.92. The number of urea groups is 1. The van der Waals surface area contributed by atoms with Gasteiger partial charge in [0.2, 0.25) is 0 Å². The van der Waals surface area contributed by atoms with Gasteiger partial charge in [-0.2, -0.15) is 0 Å². The van der Waals surface area contributed by atoms with Crippen LogP contribution in [0.4, 0.5) is 10.5 Å². The zero-order valence-electron chi connectivity index (χ0n) is 11.5. The summed E-state index contributed by atoms with van der Waals surface area (Å²) in [6.45, 7) is 7.10. The SMILES string of the molecule is Cc1cncc(NC(=O)N[C@@H](C(=O)O)C(C)(C)C)c1. The number of carboxylic acid groups (broad SMARTS) is 1. The van der Waals surface area contributed by atoms with Gasteiger partial charge >= 0.3 is 12.0 Å². The van der Waals surface area contributed by atoms with Gasteiger partial charge in [0, 0.05) is 6.20 Å². The Morgan fingerprint density at radius 3 is 2.42 bits per heavy atom. The van der Waals surface area contributed by atoms with E-state index >= 15 is 0 Å². The molecule has 0 bridgehead atoms. The summed E-state index contributed by atoms with van der Waals surface area (Å²) in [4.78, 5) is 26.8. The number of aliphatic carboxylic acids is 1. The fourth-order valence-electron chi connectivity index (χ4n) is 1.57. The predicted octanol–water partition coefficient (Wildman–Crippen LogP) is 2.01. The Bertz CT molecular complexity index is 480. The number of pyridine rings is 1. The van der Waals surface area contributed by atoms with Crippen LogP contribution < -0.4 is 10.6 Å². The third-order valence-corrected chi connectivity index (χ3v) is 2.52. The minimum absolute atomic E-state index is 0.524. The lowest BCUT2D eigenvalue weighted by molar-refractivity contribution is -0.141. The van der Waals surface area contributed by atoms with Crippen molar-refractivity contribution in [2.75, 3.05) is 5.32 Å². The van der Waals surface area contributed by atoms with E-state index in [-0.39, 0.29) is 0 Å². The highest BCUT2D eigenvalue weighted by Crippen LogP contribution is 2.19. The van der Waals surface area contributed by atoms with Crippen LogP contribution in [0.3, 0.4) is 0 Å². The summed E-state index contributed by atoms with van der Waals surface area (Å²) >= 11 is 0. The second-order valence-electron chi connectivity index (χ2n) is 5.49. The van der Waals surface area contributed by atoms with Crippen LogP contribution in [0.15, 0.2) is 18.5 Å². The third kappa shape index (κ3) is 4.57. The normalized spacial score (nSPS) is 12.6. The number of hydrogen-bond donors (Lipinski definition) is 3. The van der Waals surface area contributed by atoms with E-state index in [9.17, 15) is 9.59 Å².